The van der Waals surface area contributed by atoms with Crippen LogP contribution in [0.2, 0.25) is 0 Å². The van der Waals surface area contributed by atoms with Crippen LogP contribution in [-0.4, -0.2) is 18.0 Å². The fourth-order valence-electron chi connectivity index (χ4n) is 0.742. The lowest BCUT2D eigenvalue weighted by Crippen LogP contribution is -2.17. The average molecular weight is 190 g/mol. The molecule has 0 saturated heterocycles. The van der Waals surface area contributed by atoms with Crippen molar-refractivity contribution in [2.24, 2.45) is 0 Å². The summed E-state index contributed by atoms with van der Waals surface area (Å²) >= 11 is 0. The minimum atomic E-state index is 0. The monoisotopic (exact) mass is 189 g/mol. The Morgan fingerprint density at radius 3 is 2.56 bits per heavy atom. The molecule has 0 fully saturated rings. The van der Waals surface area contributed by atoms with E-state index in [0.717, 1.165) is 13.1 Å². The Bertz CT molecular complexity index is 118. The lowest BCUT2D eigenvalue weighted by molar-refractivity contribution is 0.436. The summed E-state index contributed by atoms with van der Waals surface area (Å²) in [6.07, 6.45) is 8.41. The van der Waals surface area contributed by atoms with Gasteiger partial charge in [0.15, 0.2) is 0 Å². The van der Waals surface area contributed by atoms with E-state index in [-0.39, 0.29) is 17.0 Å². The van der Waals surface area contributed by atoms with Crippen LogP contribution in [0.1, 0.15) is 6.92 Å². The van der Waals surface area contributed by atoms with E-state index in [1.54, 1.807) is 0 Å². The van der Waals surface area contributed by atoms with Gasteiger partial charge in [-0.3, -0.25) is 0 Å². The molecule has 0 aliphatic carbocycles. The number of halogens is 1. The van der Waals surface area contributed by atoms with Gasteiger partial charge in [0.05, 0.1) is 0 Å². The summed E-state index contributed by atoms with van der Waals surface area (Å²) in [5.74, 6) is 0. The molecule has 1 aliphatic rings. The predicted octanol–water partition coefficient (Wildman–Crippen LogP) is 1.97. The van der Waals surface area contributed by atoms with Crippen LogP contribution in [0, 0.1) is 0 Å². The van der Waals surface area contributed by atoms with Crippen molar-refractivity contribution >= 4 is 17.0 Å². The number of rotatable bonds is 1. The van der Waals surface area contributed by atoms with Crippen molar-refractivity contribution in [2.75, 3.05) is 13.1 Å². The molecule has 0 unspecified atom stereocenters. The molecule has 0 aromatic heterocycles. The Balaban J connectivity index is 0.000000640. The first-order chi connectivity index (χ1) is 3.93. The molecule has 0 aromatic carbocycles. The second kappa shape index (κ2) is 4.62. The third kappa shape index (κ3) is 2.70. The van der Waals surface area contributed by atoms with Crippen molar-refractivity contribution in [2.45, 2.75) is 6.92 Å². The van der Waals surface area contributed by atoms with Crippen LogP contribution in [0.3, 0.4) is 0 Å². The highest BCUT2D eigenvalue weighted by Crippen LogP contribution is 1.95. The van der Waals surface area contributed by atoms with Gasteiger partial charge in [-0.05, 0) is 19.2 Å². The van der Waals surface area contributed by atoms with Crippen LogP contribution in [0.4, 0.5) is 0 Å². The fourth-order valence-corrected chi connectivity index (χ4v) is 0.742. The summed E-state index contributed by atoms with van der Waals surface area (Å²) < 4.78 is 0. The van der Waals surface area contributed by atoms with Crippen LogP contribution in [0.15, 0.2) is 24.4 Å². The highest BCUT2D eigenvalue weighted by atomic mass is 79.9. The van der Waals surface area contributed by atoms with Crippen molar-refractivity contribution < 1.29 is 0 Å². The van der Waals surface area contributed by atoms with Crippen molar-refractivity contribution in [3.05, 3.63) is 24.4 Å². The summed E-state index contributed by atoms with van der Waals surface area (Å²) in [7, 11) is 0. The zero-order chi connectivity index (χ0) is 5.82. The lowest BCUT2D eigenvalue weighted by atomic mass is 10.3. The third-order valence-electron chi connectivity index (χ3n) is 1.29. The van der Waals surface area contributed by atoms with Gasteiger partial charge in [0, 0.05) is 13.1 Å². The molecule has 0 amide bonds. The van der Waals surface area contributed by atoms with Gasteiger partial charge in [-0.15, -0.1) is 17.0 Å². The normalized spacial score (nSPS) is 15.4. The Hall–Kier alpha value is -0.240. The quantitative estimate of drug-likeness (QED) is 0.610. The number of hydrogen-bond acceptors (Lipinski definition) is 1. The van der Waals surface area contributed by atoms with E-state index in [9.17, 15) is 0 Å². The first kappa shape index (κ1) is 8.76. The Labute approximate surface area is 66.8 Å². The van der Waals surface area contributed by atoms with Crippen LogP contribution < -0.4 is 0 Å². The number of likely N-dealkylation sites (N-methyl/N-ethyl adjacent to an activating group) is 1. The highest BCUT2D eigenvalue weighted by molar-refractivity contribution is 8.93. The van der Waals surface area contributed by atoms with Crippen LogP contribution in [-0.2, 0) is 0 Å². The first-order valence-corrected chi connectivity index (χ1v) is 3.01. The van der Waals surface area contributed by atoms with E-state index in [0.29, 0.717) is 0 Å². The van der Waals surface area contributed by atoms with E-state index >= 15 is 0 Å². The van der Waals surface area contributed by atoms with Gasteiger partial charge in [0.25, 0.3) is 0 Å². The van der Waals surface area contributed by atoms with Gasteiger partial charge in [0.2, 0.25) is 0 Å². The molecule has 0 atom stereocenters. The largest absolute Gasteiger partial charge is 0.374 e. The van der Waals surface area contributed by atoms with Crippen LogP contribution >= 0.6 is 17.0 Å². The molecule has 0 aromatic rings. The summed E-state index contributed by atoms with van der Waals surface area (Å²) in [6, 6.07) is 0. The van der Waals surface area contributed by atoms with Crippen LogP contribution in [0.5, 0.6) is 0 Å². The zero-order valence-electron chi connectivity index (χ0n) is 5.58. The van der Waals surface area contributed by atoms with Gasteiger partial charge in [-0.25, -0.2) is 0 Å². The summed E-state index contributed by atoms with van der Waals surface area (Å²) in [5.41, 5.74) is 0. The lowest BCUT2D eigenvalue weighted by Gasteiger charge is -2.16. The third-order valence-corrected chi connectivity index (χ3v) is 1.29. The standard InChI is InChI=1S/C7H11N.BrH/c1-2-8-6-4-3-5-7-8;/h3-6H,2,7H2,1H3;1H. The predicted molar refractivity (Wildman–Crippen MR) is 45.8 cm³/mol. The average Bonchev–Trinajstić information content (AvgIpc) is 1.90. The van der Waals surface area contributed by atoms with Crippen molar-refractivity contribution in [3.8, 4) is 0 Å². The molecule has 0 bridgehead atoms. The van der Waals surface area contributed by atoms with Crippen molar-refractivity contribution in [1.82, 2.24) is 4.90 Å². The molecule has 0 N–H and O–H groups in total. The SMILES string of the molecule is Br.CCN1C=CC=CC1. The molecular formula is C7H12BrN. The molecule has 1 heterocycles. The minimum Gasteiger partial charge on any atom is -0.374 e. The van der Waals surface area contributed by atoms with Crippen molar-refractivity contribution in [1.29, 1.82) is 0 Å². The molecule has 9 heavy (non-hydrogen) atoms. The van der Waals surface area contributed by atoms with E-state index in [4.69, 9.17) is 0 Å². The second-order valence-corrected chi connectivity index (χ2v) is 1.86. The van der Waals surface area contributed by atoms with Crippen molar-refractivity contribution in [3.63, 3.8) is 0 Å². The number of allylic oxidation sites excluding steroid dienone is 2. The van der Waals surface area contributed by atoms with E-state index in [1.165, 1.54) is 0 Å². The molecule has 2 heteroatoms. The molecule has 1 rings (SSSR count). The molecule has 1 nitrogen and oxygen atoms in total. The Kier molecular flexibility index (Phi) is 4.50. The minimum absolute atomic E-state index is 0. The molecule has 0 spiro atoms. The molecule has 0 radical (unpaired) electrons. The second-order valence-electron chi connectivity index (χ2n) is 1.86. The molecular weight excluding hydrogens is 178 g/mol. The highest BCUT2D eigenvalue weighted by Gasteiger charge is 1.91. The molecule has 0 saturated carbocycles. The first-order valence-electron chi connectivity index (χ1n) is 3.01. The summed E-state index contributed by atoms with van der Waals surface area (Å²) in [5, 5.41) is 0. The topological polar surface area (TPSA) is 3.24 Å². The van der Waals surface area contributed by atoms with Gasteiger partial charge in [0.1, 0.15) is 0 Å². The maximum absolute atomic E-state index is 2.25. The van der Waals surface area contributed by atoms with Crippen LogP contribution in [0.25, 0.3) is 0 Å². The molecule has 52 valence electrons. The maximum atomic E-state index is 2.25. The van der Waals surface area contributed by atoms with Gasteiger partial charge in [-0.2, -0.15) is 0 Å². The fraction of sp³-hybridized carbons (Fsp3) is 0.429. The van der Waals surface area contributed by atoms with Gasteiger partial charge in [-0.1, -0.05) is 12.2 Å². The summed E-state index contributed by atoms with van der Waals surface area (Å²) in [4.78, 5) is 2.25. The number of nitrogens with zero attached hydrogens (tertiary/aromatic N) is 1. The van der Waals surface area contributed by atoms with Gasteiger partial charge < -0.3 is 4.90 Å². The Morgan fingerprint density at radius 1 is 1.44 bits per heavy atom. The Morgan fingerprint density at radius 2 is 2.22 bits per heavy atom. The van der Waals surface area contributed by atoms with Gasteiger partial charge >= 0.3 is 0 Å². The van der Waals surface area contributed by atoms with E-state index < -0.39 is 0 Å². The number of hydrogen-bond donors (Lipinski definition) is 0. The van der Waals surface area contributed by atoms with E-state index in [1.807, 2.05) is 0 Å². The maximum Gasteiger partial charge on any atom is 0.0356 e. The molecule has 1 aliphatic heterocycles. The summed E-state index contributed by atoms with van der Waals surface area (Å²) in [6.45, 7) is 4.34. The van der Waals surface area contributed by atoms with E-state index in [2.05, 4.69) is 36.3 Å². The smallest absolute Gasteiger partial charge is 0.0356 e. The zero-order valence-corrected chi connectivity index (χ0v) is 7.29.